The molecule has 1 aliphatic rings. The first kappa shape index (κ1) is 14.8. The molecule has 0 bridgehead atoms. The van der Waals surface area contributed by atoms with Crippen LogP contribution in [0.2, 0.25) is 0 Å². The minimum Gasteiger partial charge on any atom is -0.507 e. The van der Waals surface area contributed by atoms with Crippen LogP contribution in [-0.4, -0.2) is 15.3 Å². The summed E-state index contributed by atoms with van der Waals surface area (Å²) in [6, 6.07) is 14.5. The van der Waals surface area contributed by atoms with Crippen molar-refractivity contribution >= 4 is 46.0 Å². The highest BCUT2D eigenvalue weighted by Crippen LogP contribution is 2.37. The van der Waals surface area contributed by atoms with Crippen LogP contribution in [0.25, 0.3) is 6.08 Å². The Labute approximate surface area is 138 Å². The first-order valence-electron chi connectivity index (χ1n) is 6.69. The predicted octanol–water partition coefficient (Wildman–Crippen LogP) is 4.11. The van der Waals surface area contributed by atoms with E-state index in [9.17, 15) is 9.90 Å². The first-order valence-corrected chi connectivity index (χ1v) is 7.92. The fraction of sp³-hybridized carbons (Fsp3) is 0.0588. The number of carbonyl (C=O) groups excluding carboxylic acids is 1. The Kier molecular flexibility index (Phi) is 4.00. The number of nitrogens with zero attached hydrogens (tertiary/aromatic N) is 1. The molecule has 3 rings (SSSR count). The number of carbonyl (C=O) groups is 1. The van der Waals surface area contributed by atoms with E-state index in [1.807, 2.05) is 37.3 Å². The highest BCUT2D eigenvalue weighted by molar-refractivity contribution is 8.27. The van der Waals surface area contributed by atoms with E-state index >= 15 is 0 Å². The number of hydrogen-bond acceptors (Lipinski definition) is 4. The maximum Gasteiger partial charge on any atom is 0.270 e. The van der Waals surface area contributed by atoms with Gasteiger partial charge in [0.1, 0.15) is 5.75 Å². The molecule has 0 atom stereocenters. The summed E-state index contributed by atoms with van der Waals surface area (Å²) in [5, 5.41) is 9.84. The molecule has 0 saturated carbocycles. The van der Waals surface area contributed by atoms with E-state index in [1.54, 1.807) is 29.2 Å². The van der Waals surface area contributed by atoms with E-state index in [0.29, 0.717) is 14.8 Å². The number of thioether (sulfide) groups is 1. The lowest BCUT2D eigenvalue weighted by Gasteiger charge is -2.16. The van der Waals surface area contributed by atoms with Gasteiger partial charge in [0.2, 0.25) is 0 Å². The van der Waals surface area contributed by atoms with E-state index < -0.39 is 0 Å². The van der Waals surface area contributed by atoms with Crippen LogP contribution in [-0.2, 0) is 4.79 Å². The molecule has 0 spiro atoms. The minimum atomic E-state index is -0.160. The number of amides is 1. The molecule has 22 heavy (non-hydrogen) atoms. The molecule has 3 nitrogen and oxygen atoms in total. The molecule has 1 N–H and O–H groups in total. The molecular weight excluding hydrogens is 314 g/mol. The first-order chi connectivity index (χ1) is 10.6. The number of benzene rings is 2. The Balaban J connectivity index is 1.99. The van der Waals surface area contributed by atoms with Crippen molar-refractivity contribution in [3.05, 3.63) is 64.6 Å². The number of thiocarbonyl (C=S) groups is 1. The van der Waals surface area contributed by atoms with E-state index in [2.05, 4.69) is 0 Å². The standard InChI is InChI=1S/C17H13NO2S2/c1-11-6-2-4-8-13(11)18-16(20)15(22-17(18)21)10-12-7-3-5-9-14(12)19/h2-10,19H,1H3. The Morgan fingerprint density at radius 3 is 2.55 bits per heavy atom. The zero-order valence-electron chi connectivity index (χ0n) is 11.8. The van der Waals surface area contributed by atoms with Crippen LogP contribution in [0.3, 0.4) is 0 Å². The number of aromatic hydroxyl groups is 1. The molecule has 2 aromatic rings. The second-order valence-corrected chi connectivity index (χ2v) is 6.54. The second kappa shape index (κ2) is 5.94. The van der Waals surface area contributed by atoms with Gasteiger partial charge in [-0.05, 0) is 30.7 Å². The molecule has 0 aromatic heterocycles. The lowest BCUT2D eigenvalue weighted by atomic mass is 10.1. The van der Waals surface area contributed by atoms with Gasteiger partial charge < -0.3 is 5.11 Å². The van der Waals surface area contributed by atoms with Gasteiger partial charge in [-0.25, -0.2) is 0 Å². The molecule has 1 aliphatic heterocycles. The summed E-state index contributed by atoms with van der Waals surface area (Å²) in [5.74, 6) is -0.0174. The zero-order chi connectivity index (χ0) is 15.7. The number of aryl methyl sites for hydroxylation is 1. The molecule has 1 amide bonds. The van der Waals surface area contributed by atoms with Gasteiger partial charge in [-0.15, -0.1) is 0 Å². The van der Waals surface area contributed by atoms with Crippen molar-refractivity contribution in [3.8, 4) is 5.75 Å². The maximum absolute atomic E-state index is 12.7. The van der Waals surface area contributed by atoms with Crippen LogP contribution in [0.15, 0.2) is 53.4 Å². The number of rotatable bonds is 2. The number of phenolic OH excluding ortho intramolecular Hbond substituents is 1. The van der Waals surface area contributed by atoms with Crippen LogP contribution in [0.5, 0.6) is 5.75 Å². The van der Waals surface area contributed by atoms with Crippen LogP contribution in [0.4, 0.5) is 5.69 Å². The molecule has 1 saturated heterocycles. The fourth-order valence-electron chi connectivity index (χ4n) is 2.24. The normalized spacial score (nSPS) is 16.6. The summed E-state index contributed by atoms with van der Waals surface area (Å²) >= 11 is 6.60. The lowest BCUT2D eigenvalue weighted by Crippen LogP contribution is -2.28. The number of para-hydroxylation sites is 2. The molecule has 0 radical (unpaired) electrons. The fourth-order valence-corrected chi connectivity index (χ4v) is 3.52. The summed E-state index contributed by atoms with van der Waals surface area (Å²) in [4.78, 5) is 14.7. The molecule has 1 heterocycles. The van der Waals surface area contributed by atoms with Gasteiger partial charge in [0.15, 0.2) is 4.32 Å². The predicted molar refractivity (Wildman–Crippen MR) is 94.9 cm³/mol. The Morgan fingerprint density at radius 1 is 1.14 bits per heavy atom. The van der Waals surface area contributed by atoms with E-state index in [4.69, 9.17) is 12.2 Å². The SMILES string of the molecule is Cc1ccccc1N1C(=O)C(=Cc2ccccc2O)SC1=S. The molecule has 1 fully saturated rings. The van der Waals surface area contributed by atoms with Crippen molar-refractivity contribution in [3.63, 3.8) is 0 Å². The smallest absolute Gasteiger partial charge is 0.270 e. The Hall–Kier alpha value is -2.11. The van der Waals surface area contributed by atoms with Gasteiger partial charge in [0.25, 0.3) is 5.91 Å². The maximum atomic E-state index is 12.7. The largest absolute Gasteiger partial charge is 0.507 e. The summed E-state index contributed by atoms with van der Waals surface area (Å²) in [7, 11) is 0. The average molecular weight is 327 g/mol. The van der Waals surface area contributed by atoms with Crippen molar-refractivity contribution in [1.82, 2.24) is 0 Å². The van der Waals surface area contributed by atoms with Gasteiger partial charge in [-0.3, -0.25) is 9.69 Å². The van der Waals surface area contributed by atoms with Crippen LogP contribution in [0, 0.1) is 6.92 Å². The van der Waals surface area contributed by atoms with E-state index in [0.717, 1.165) is 11.3 Å². The van der Waals surface area contributed by atoms with Gasteiger partial charge in [0, 0.05) is 5.56 Å². The van der Waals surface area contributed by atoms with Crippen LogP contribution < -0.4 is 4.90 Å². The molecule has 0 aliphatic carbocycles. The Morgan fingerprint density at radius 2 is 1.82 bits per heavy atom. The number of hydrogen-bond donors (Lipinski definition) is 1. The zero-order valence-corrected chi connectivity index (χ0v) is 13.4. The highest BCUT2D eigenvalue weighted by atomic mass is 32.2. The third-order valence-electron chi connectivity index (χ3n) is 3.37. The quantitative estimate of drug-likeness (QED) is 0.666. The minimum absolute atomic E-state index is 0.142. The second-order valence-electron chi connectivity index (χ2n) is 4.86. The molecule has 5 heteroatoms. The third kappa shape index (κ3) is 2.65. The van der Waals surface area contributed by atoms with Gasteiger partial charge >= 0.3 is 0 Å². The van der Waals surface area contributed by atoms with Gasteiger partial charge in [-0.1, -0.05) is 60.4 Å². The van der Waals surface area contributed by atoms with Crippen molar-refractivity contribution in [1.29, 1.82) is 0 Å². The molecular formula is C17H13NO2S2. The summed E-state index contributed by atoms with van der Waals surface area (Å²) in [6.45, 7) is 1.95. The summed E-state index contributed by atoms with van der Waals surface area (Å²) < 4.78 is 0.501. The lowest BCUT2D eigenvalue weighted by molar-refractivity contribution is -0.113. The summed E-state index contributed by atoms with van der Waals surface area (Å²) in [6.07, 6.45) is 1.67. The highest BCUT2D eigenvalue weighted by Gasteiger charge is 2.34. The molecule has 2 aromatic carbocycles. The van der Waals surface area contributed by atoms with E-state index in [1.165, 1.54) is 11.8 Å². The van der Waals surface area contributed by atoms with E-state index in [-0.39, 0.29) is 11.7 Å². The van der Waals surface area contributed by atoms with Gasteiger partial charge in [0.05, 0.1) is 10.6 Å². The van der Waals surface area contributed by atoms with Crippen molar-refractivity contribution in [2.24, 2.45) is 0 Å². The monoisotopic (exact) mass is 327 g/mol. The van der Waals surface area contributed by atoms with Crippen molar-refractivity contribution in [2.75, 3.05) is 4.90 Å². The molecule has 0 unspecified atom stereocenters. The van der Waals surface area contributed by atoms with Crippen LogP contribution in [0.1, 0.15) is 11.1 Å². The molecule has 110 valence electrons. The van der Waals surface area contributed by atoms with Crippen molar-refractivity contribution < 1.29 is 9.90 Å². The third-order valence-corrected chi connectivity index (χ3v) is 4.68. The van der Waals surface area contributed by atoms with Crippen molar-refractivity contribution in [2.45, 2.75) is 6.92 Å². The topological polar surface area (TPSA) is 40.5 Å². The number of phenols is 1. The van der Waals surface area contributed by atoms with Crippen LogP contribution >= 0.6 is 24.0 Å². The van der Waals surface area contributed by atoms with Gasteiger partial charge in [-0.2, -0.15) is 0 Å². The number of anilines is 1. The summed E-state index contributed by atoms with van der Waals surface area (Å²) in [5.41, 5.74) is 2.39. The average Bonchev–Trinajstić information content (AvgIpc) is 2.77. The Bertz CT molecular complexity index is 799.